The Morgan fingerprint density at radius 2 is 2.00 bits per heavy atom. The Morgan fingerprint density at radius 1 is 1.40 bits per heavy atom. The summed E-state index contributed by atoms with van der Waals surface area (Å²) >= 11 is 0. The molecule has 0 bridgehead atoms. The molecule has 90 valence electrons. The third-order valence-corrected chi connectivity index (χ3v) is 2.48. The molecule has 0 amide bonds. The number of hydrogen-bond acceptors (Lipinski definition) is 2. The van der Waals surface area contributed by atoms with Gasteiger partial charge in [-0.15, -0.1) is 6.58 Å². The lowest BCUT2D eigenvalue weighted by atomic mass is 9.92. The summed E-state index contributed by atoms with van der Waals surface area (Å²) < 4.78 is 0. The van der Waals surface area contributed by atoms with Crippen molar-refractivity contribution in [1.82, 2.24) is 10.2 Å². The monoisotopic (exact) mass is 212 g/mol. The van der Waals surface area contributed by atoms with Gasteiger partial charge < -0.3 is 10.2 Å². The maximum Gasteiger partial charge on any atom is 0.00419 e. The second kappa shape index (κ2) is 7.02. The predicted octanol–water partition coefficient (Wildman–Crippen LogP) is 2.52. The minimum atomic E-state index is 0.339. The highest BCUT2D eigenvalue weighted by Crippen LogP contribution is 2.14. The Labute approximate surface area is 95.7 Å². The fourth-order valence-electron chi connectivity index (χ4n) is 1.83. The Hall–Kier alpha value is -0.340. The zero-order chi connectivity index (χ0) is 11.9. The average molecular weight is 212 g/mol. The zero-order valence-electron chi connectivity index (χ0n) is 11.1. The molecule has 1 atom stereocenters. The number of rotatable bonds is 8. The average Bonchev–Trinajstić information content (AvgIpc) is 2.09. The normalized spacial score (nSPS) is 14.3. The van der Waals surface area contributed by atoms with Crippen LogP contribution in [-0.2, 0) is 0 Å². The standard InChI is InChI=1S/C13H28N2/c1-7-8-9-12(2)14-10-13(3,4)11-15(5)6/h7,12,14H,1,8-11H2,2-6H3/t12-/m0/s1. The molecule has 0 rings (SSSR count). The van der Waals surface area contributed by atoms with Crippen LogP contribution in [0.3, 0.4) is 0 Å². The lowest BCUT2D eigenvalue weighted by Gasteiger charge is -2.30. The molecule has 0 unspecified atom stereocenters. The molecule has 15 heavy (non-hydrogen) atoms. The first-order chi connectivity index (χ1) is 6.87. The number of hydrogen-bond donors (Lipinski definition) is 1. The highest BCUT2D eigenvalue weighted by molar-refractivity contribution is 4.77. The van der Waals surface area contributed by atoms with Gasteiger partial charge in [0.15, 0.2) is 0 Å². The molecule has 0 radical (unpaired) electrons. The molecule has 0 aliphatic heterocycles. The summed E-state index contributed by atoms with van der Waals surface area (Å²) in [4.78, 5) is 2.25. The van der Waals surface area contributed by atoms with E-state index in [0.29, 0.717) is 11.5 Å². The third-order valence-electron chi connectivity index (χ3n) is 2.48. The van der Waals surface area contributed by atoms with Crippen molar-refractivity contribution in [2.75, 3.05) is 27.2 Å². The first-order valence-corrected chi connectivity index (χ1v) is 5.86. The van der Waals surface area contributed by atoms with Crippen molar-refractivity contribution >= 4 is 0 Å². The maximum atomic E-state index is 3.75. The smallest absolute Gasteiger partial charge is 0.00419 e. The van der Waals surface area contributed by atoms with Gasteiger partial charge >= 0.3 is 0 Å². The van der Waals surface area contributed by atoms with E-state index in [2.05, 4.69) is 51.7 Å². The molecule has 0 saturated heterocycles. The van der Waals surface area contributed by atoms with E-state index in [0.717, 1.165) is 19.5 Å². The Morgan fingerprint density at radius 3 is 2.47 bits per heavy atom. The molecule has 0 fully saturated rings. The Balaban J connectivity index is 3.76. The molecule has 0 heterocycles. The van der Waals surface area contributed by atoms with E-state index in [1.807, 2.05) is 6.08 Å². The minimum absolute atomic E-state index is 0.339. The van der Waals surface area contributed by atoms with Gasteiger partial charge in [-0.25, -0.2) is 0 Å². The van der Waals surface area contributed by atoms with E-state index >= 15 is 0 Å². The summed E-state index contributed by atoms with van der Waals surface area (Å²) in [5, 5.41) is 3.59. The van der Waals surface area contributed by atoms with Crippen LogP contribution in [0.2, 0.25) is 0 Å². The molecule has 2 nitrogen and oxygen atoms in total. The zero-order valence-corrected chi connectivity index (χ0v) is 11.1. The van der Waals surface area contributed by atoms with Crippen LogP contribution in [0.25, 0.3) is 0 Å². The third kappa shape index (κ3) is 8.64. The van der Waals surface area contributed by atoms with Gasteiger partial charge in [-0.2, -0.15) is 0 Å². The molecule has 0 aliphatic carbocycles. The molecular formula is C13H28N2. The first-order valence-electron chi connectivity index (χ1n) is 5.86. The Bertz CT molecular complexity index is 173. The largest absolute Gasteiger partial charge is 0.314 e. The van der Waals surface area contributed by atoms with Crippen molar-refractivity contribution in [2.24, 2.45) is 5.41 Å². The molecule has 0 saturated carbocycles. The van der Waals surface area contributed by atoms with E-state index in [-0.39, 0.29) is 0 Å². The minimum Gasteiger partial charge on any atom is -0.314 e. The molecule has 0 spiro atoms. The van der Waals surface area contributed by atoms with E-state index in [1.54, 1.807) is 0 Å². The van der Waals surface area contributed by atoms with Crippen LogP contribution in [0.1, 0.15) is 33.6 Å². The molecule has 0 aromatic carbocycles. The van der Waals surface area contributed by atoms with E-state index in [9.17, 15) is 0 Å². The van der Waals surface area contributed by atoms with Crippen LogP contribution >= 0.6 is 0 Å². The van der Waals surface area contributed by atoms with E-state index in [1.165, 1.54) is 6.42 Å². The van der Waals surface area contributed by atoms with Gasteiger partial charge in [0, 0.05) is 19.1 Å². The van der Waals surface area contributed by atoms with Crippen LogP contribution in [0.4, 0.5) is 0 Å². The van der Waals surface area contributed by atoms with Crippen LogP contribution in [0, 0.1) is 5.41 Å². The lowest BCUT2D eigenvalue weighted by Crippen LogP contribution is -2.40. The molecule has 0 aliphatic rings. The highest BCUT2D eigenvalue weighted by Gasteiger charge is 2.19. The maximum absolute atomic E-state index is 3.75. The van der Waals surface area contributed by atoms with Crippen molar-refractivity contribution in [3.63, 3.8) is 0 Å². The summed E-state index contributed by atoms with van der Waals surface area (Å²) in [7, 11) is 4.26. The SMILES string of the molecule is C=CCC[C@H](C)NCC(C)(C)CN(C)C. The summed E-state index contributed by atoms with van der Waals surface area (Å²) in [6.07, 6.45) is 4.27. The van der Waals surface area contributed by atoms with E-state index < -0.39 is 0 Å². The quantitative estimate of drug-likeness (QED) is 0.622. The summed E-state index contributed by atoms with van der Waals surface area (Å²) in [6, 6.07) is 0.587. The van der Waals surface area contributed by atoms with Gasteiger partial charge in [0.05, 0.1) is 0 Å². The van der Waals surface area contributed by atoms with Crippen LogP contribution in [0.5, 0.6) is 0 Å². The van der Waals surface area contributed by atoms with E-state index in [4.69, 9.17) is 0 Å². The van der Waals surface area contributed by atoms with Crippen molar-refractivity contribution < 1.29 is 0 Å². The van der Waals surface area contributed by atoms with Crippen molar-refractivity contribution in [2.45, 2.75) is 39.7 Å². The fraction of sp³-hybridized carbons (Fsp3) is 0.846. The van der Waals surface area contributed by atoms with Crippen LogP contribution in [0.15, 0.2) is 12.7 Å². The molecule has 2 heteroatoms. The highest BCUT2D eigenvalue weighted by atomic mass is 15.1. The predicted molar refractivity (Wildman–Crippen MR) is 69.2 cm³/mol. The van der Waals surface area contributed by atoms with Gasteiger partial charge in [0.2, 0.25) is 0 Å². The fourth-order valence-corrected chi connectivity index (χ4v) is 1.83. The summed E-state index contributed by atoms with van der Waals surface area (Å²) in [5.74, 6) is 0. The summed E-state index contributed by atoms with van der Waals surface area (Å²) in [5.41, 5.74) is 0.339. The topological polar surface area (TPSA) is 15.3 Å². The molecule has 0 aromatic rings. The van der Waals surface area contributed by atoms with Crippen molar-refractivity contribution in [3.05, 3.63) is 12.7 Å². The number of nitrogens with zero attached hydrogens (tertiary/aromatic N) is 1. The van der Waals surface area contributed by atoms with Crippen LogP contribution in [-0.4, -0.2) is 38.1 Å². The van der Waals surface area contributed by atoms with Gasteiger partial charge in [0.25, 0.3) is 0 Å². The van der Waals surface area contributed by atoms with Crippen molar-refractivity contribution in [3.8, 4) is 0 Å². The Kier molecular flexibility index (Phi) is 6.86. The first kappa shape index (κ1) is 14.7. The number of nitrogens with one attached hydrogen (secondary N) is 1. The number of allylic oxidation sites excluding steroid dienone is 1. The second-order valence-corrected chi connectivity index (χ2v) is 5.55. The van der Waals surface area contributed by atoms with Gasteiger partial charge in [-0.3, -0.25) is 0 Å². The molecule has 0 aromatic heterocycles. The molecular weight excluding hydrogens is 184 g/mol. The lowest BCUT2D eigenvalue weighted by molar-refractivity contribution is 0.225. The van der Waals surface area contributed by atoms with Gasteiger partial charge in [-0.05, 0) is 39.3 Å². The summed E-state index contributed by atoms with van der Waals surface area (Å²) in [6.45, 7) is 12.8. The van der Waals surface area contributed by atoms with Crippen molar-refractivity contribution in [1.29, 1.82) is 0 Å². The van der Waals surface area contributed by atoms with Crippen LogP contribution < -0.4 is 5.32 Å². The van der Waals surface area contributed by atoms with Gasteiger partial charge in [-0.1, -0.05) is 19.9 Å². The second-order valence-electron chi connectivity index (χ2n) is 5.55. The molecule has 1 N–H and O–H groups in total. The van der Waals surface area contributed by atoms with Gasteiger partial charge in [0.1, 0.15) is 0 Å².